The van der Waals surface area contributed by atoms with Crippen molar-refractivity contribution in [3.8, 4) is 0 Å². The highest BCUT2D eigenvalue weighted by atomic mass is 16.2. The number of hydrogen-bond donors (Lipinski definition) is 0. The molecule has 1 aliphatic rings. The van der Waals surface area contributed by atoms with Gasteiger partial charge in [-0.15, -0.1) is 0 Å². The Morgan fingerprint density at radius 2 is 2.00 bits per heavy atom. The van der Waals surface area contributed by atoms with E-state index in [1.165, 1.54) is 5.56 Å². The molecular weight excluding hydrogens is 274 g/mol. The van der Waals surface area contributed by atoms with E-state index in [9.17, 15) is 4.79 Å². The Kier molecular flexibility index (Phi) is 4.37. The summed E-state index contributed by atoms with van der Waals surface area (Å²) in [7, 11) is 1.86. The molecular formula is C18H21N3O. The number of aromatic nitrogens is 2. The maximum atomic E-state index is 12.4. The average Bonchev–Trinajstić information content (AvgIpc) is 3.20. The molecule has 0 spiro atoms. The van der Waals surface area contributed by atoms with Crippen molar-refractivity contribution in [2.24, 2.45) is 5.92 Å². The molecule has 1 heterocycles. The molecule has 0 bridgehead atoms. The number of carbonyl (C=O) groups excluding carboxylic acids is 1. The largest absolute Gasteiger partial charge is 0.338 e. The van der Waals surface area contributed by atoms with Gasteiger partial charge in [0.1, 0.15) is 5.82 Å². The molecule has 0 aliphatic heterocycles. The topological polar surface area (TPSA) is 38.1 Å². The van der Waals surface area contributed by atoms with Gasteiger partial charge < -0.3 is 9.47 Å². The van der Waals surface area contributed by atoms with Crippen LogP contribution in [0, 0.1) is 5.92 Å². The number of imidazole rings is 1. The molecule has 4 heteroatoms. The molecule has 0 atom stereocenters. The Hall–Kier alpha value is -2.36. The Morgan fingerprint density at radius 3 is 2.73 bits per heavy atom. The molecule has 1 aliphatic carbocycles. The van der Waals surface area contributed by atoms with Crippen molar-refractivity contribution in [1.29, 1.82) is 0 Å². The zero-order chi connectivity index (χ0) is 15.4. The molecule has 4 nitrogen and oxygen atoms in total. The number of nitrogens with zero attached hydrogens (tertiary/aromatic N) is 3. The number of rotatable bonds is 5. The molecule has 1 aromatic heterocycles. The van der Waals surface area contributed by atoms with Crippen LogP contribution < -0.4 is 0 Å². The van der Waals surface area contributed by atoms with Crippen molar-refractivity contribution in [1.82, 2.24) is 14.5 Å². The molecule has 3 rings (SSSR count). The zero-order valence-electron chi connectivity index (χ0n) is 12.9. The summed E-state index contributed by atoms with van der Waals surface area (Å²) < 4.78 is 2.10. The van der Waals surface area contributed by atoms with Crippen molar-refractivity contribution >= 4 is 5.91 Å². The highest BCUT2D eigenvalue weighted by Crippen LogP contribution is 2.20. The van der Waals surface area contributed by atoms with E-state index in [-0.39, 0.29) is 11.8 Å². The van der Waals surface area contributed by atoms with E-state index in [0.717, 1.165) is 25.2 Å². The standard InChI is InChI=1S/C18H21N3O/c1-20(18(22)16-9-5-6-10-16)14-17-19-11-12-21(17)13-15-7-3-2-4-8-15/h2-8,11-12,16H,9-10,13-14H2,1H3. The van der Waals surface area contributed by atoms with Crippen LogP contribution in [0.25, 0.3) is 0 Å². The van der Waals surface area contributed by atoms with Crippen LogP contribution in [0.2, 0.25) is 0 Å². The molecule has 2 aromatic rings. The summed E-state index contributed by atoms with van der Waals surface area (Å²) >= 11 is 0. The second kappa shape index (κ2) is 6.60. The quantitative estimate of drug-likeness (QED) is 0.796. The lowest BCUT2D eigenvalue weighted by molar-refractivity contribution is -0.134. The highest BCUT2D eigenvalue weighted by Gasteiger charge is 2.23. The number of hydrogen-bond acceptors (Lipinski definition) is 2. The lowest BCUT2D eigenvalue weighted by Crippen LogP contribution is -2.32. The Balaban J connectivity index is 1.65. The molecule has 0 unspecified atom stereocenters. The van der Waals surface area contributed by atoms with Crippen LogP contribution in [0.4, 0.5) is 0 Å². The fraction of sp³-hybridized carbons (Fsp3) is 0.333. The monoisotopic (exact) mass is 295 g/mol. The van der Waals surface area contributed by atoms with Crippen LogP contribution in [0.5, 0.6) is 0 Å². The molecule has 0 N–H and O–H groups in total. The summed E-state index contributed by atoms with van der Waals surface area (Å²) in [6.45, 7) is 1.33. The minimum Gasteiger partial charge on any atom is -0.338 e. The molecule has 0 fully saturated rings. The van der Waals surface area contributed by atoms with Crippen molar-refractivity contribution < 1.29 is 4.79 Å². The van der Waals surface area contributed by atoms with Crippen LogP contribution in [-0.4, -0.2) is 27.4 Å². The predicted octanol–water partition coefficient (Wildman–Crippen LogP) is 2.86. The lowest BCUT2D eigenvalue weighted by Gasteiger charge is -2.21. The summed E-state index contributed by atoms with van der Waals surface area (Å²) in [6.07, 6.45) is 9.67. The highest BCUT2D eigenvalue weighted by molar-refractivity contribution is 5.79. The zero-order valence-corrected chi connectivity index (χ0v) is 12.9. The molecule has 22 heavy (non-hydrogen) atoms. The summed E-state index contributed by atoms with van der Waals surface area (Å²) in [5.74, 6) is 1.24. The number of amides is 1. The van der Waals surface area contributed by atoms with E-state index in [2.05, 4.69) is 33.8 Å². The number of carbonyl (C=O) groups is 1. The van der Waals surface area contributed by atoms with Gasteiger partial charge in [0, 0.05) is 31.9 Å². The first kappa shape index (κ1) is 14.6. The maximum absolute atomic E-state index is 12.4. The van der Waals surface area contributed by atoms with Crippen LogP contribution >= 0.6 is 0 Å². The van der Waals surface area contributed by atoms with Gasteiger partial charge in [-0.2, -0.15) is 0 Å². The van der Waals surface area contributed by atoms with E-state index in [1.54, 1.807) is 11.1 Å². The van der Waals surface area contributed by atoms with Gasteiger partial charge in [-0.05, 0) is 18.4 Å². The van der Waals surface area contributed by atoms with Gasteiger partial charge in [-0.25, -0.2) is 4.98 Å². The average molecular weight is 295 g/mol. The number of allylic oxidation sites excluding steroid dienone is 2. The Bertz CT molecular complexity index is 652. The van der Waals surface area contributed by atoms with Crippen LogP contribution in [-0.2, 0) is 17.9 Å². The van der Waals surface area contributed by atoms with Gasteiger partial charge in [0.25, 0.3) is 0 Å². The number of benzene rings is 1. The first-order valence-electron chi connectivity index (χ1n) is 7.68. The summed E-state index contributed by atoms with van der Waals surface area (Å²) in [4.78, 5) is 18.6. The molecule has 114 valence electrons. The normalized spacial score (nSPS) is 14.4. The van der Waals surface area contributed by atoms with Gasteiger partial charge in [-0.1, -0.05) is 42.5 Å². The molecule has 0 saturated carbocycles. The van der Waals surface area contributed by atoms with Gasteiger partial charge in [0.2, 0.25) is 5.91 Å². The van der Waals surface area contributed by atoms with Crippen LogP contribution in [0.15, 0.2) is 54.9 Å². The first-order valence-corrected chi connectivity index (χ1v) is 7.68. The van der Waals surface area contributed by atoms with Crippen LogP contribution in [0.1, 0.15) is 24.2 Å². The van der Waals surface area contributed by atoms with E-state index in [1.807, 2.05) is 31.4 Å². The Labute approximate surface area is 131 Å². The van der Waals surface area contributed by atoms with Crippen molar-refractivity contribution in [3.05, 3.63) is 66.3 Å². The Morgan fingerprint density at radius 1 is 1.27 bits per heavy atom. The second-order valence-corrected chi connectivity index (χ2v) is 5.79. The third-order valence-corrected chi connectivity index (χ3v) is 4.11. The fourth-order valence-corrected chi connectivity index (χ4v) is 2.84. The fourth-order valence-electron chi connectivity index (χ4n) is 2.84. The second-order valence-electron chi connectivity index (χ2n) is 5.79. The SMILES string of the molecule is CN(Cc1nccn1Cc1ccccc1)C(=O)C1CC=CC1. The van der Waals surface area contributed by atoms with E-state index >= 15 is 0 Å². The maximum Gasteiger partial charge on any atom is 0.226 e. The smallest absolute Gasteiger partial charge is 0.226 e. The molecule has 1 aromatic carbocycles. The van der Waals surface area contributed by atoms with Crippen molar-refractivity contribution in [2.75, 3.05) is 7.05 Å². The molecule has 0 saturated heterocycles. The van der Waals surface area contributed by atoms with E-state index < -0.39 is 0 Å². The van der Waals surface area contributed by atoms with Crippen molar-refractivity contribution in [2.45, 2.75) is 25.9 Å². The summed E-state index contributed by atoms with van der Waals surface area (Å²) in [6, 6.07) is 10.3. The van der Waals surface area contributed by atoms with Crippen molar-refractivity contribution in [3.63, 3.8) is 0 Å². The van der Waals surface area contributed by atoms with Gasteiger partial charge in [0.15, 0.2) is 0 Å². The van der Waals surface area contributed by atoms with Crippen LogP contribution in [0.3, 0.4) is 0 Å². The first-order chi connectivity index (χ1) is 10.7. The minimum absolute atomic E-state index is 0.113. The van der Waals surface area contributed by atoms with Gasteiger partial charge >= 0.3 is 0 Å². The third-order valence-electron chi connectivity index (χ3n) is 4.11. The predicted molar refractivity (Wildman–Crippen MR) is 86.1 cm³/mol. The van der Waals surface area contributed by atoms with E-state index in [4.69, 9.17) is 0 Å². The molecule has 1 amide bonds. The van der Waals surface area contributed by atoms with Gasteiger partial charge in [0.05, 0.1) is 6.54 Å². The lowest BCUT2D eigenvalue weighted by atomic mass is 10.1. The summed E-state index contributed by atoms with van der Waals surface area (Å²) in [5.41, 5.74) is 1.23. The molecule has 0 radical (unpaired) electrons. The van der Waals surface area contributed by atoms with E-state index in [0.29, 0.717) is 6.54 Å². The van der Waals surface area contributed by atoms with Gasteiger partial charge in [-0.3, -0.25) is 4.79 Å². The minimum atomic E-state index is 0.113. The third kappa shape index (κ3) is 3.27. The summed E-state index contributed by atoms with van der Waals surface area (Å²) in [5, 5.41) is 0.